The maximum absolute atomic E-state index is 6.01. The van der Waals surface area contributed by atoms with E-state index < -0.39 is 0 Å². The molecular formula is C12H14ClNS. The molecule has 15 heavy (non-hydrogen) atoms. The molecule has 0 saturated heterocycles. The molecule has 1 unspecified atom stereocenters. The van der Waals surface area contributed by atoms with Gasteiger partial charge in [0.05, 0.1) is 0 Å². The van der Waals surface area contributed by atoms with E-state index in [4.69, 9.17) is 17.3 Å². The summed E-state index contributed by atoms with van der Waals surface area (Å²) in [5.74, 6) is 0. The Balaban J connectivity index is 2.60. The smallest absolute Gasteiger partial charge is 0.0413 e. The number of aryl methyl sites for hydroxylation is 1. The highest BCUT2D eigenvalue weighted by atomic mass is 35.5. The first-order valence-electron chi connectivity index (χ1n) is 5.01. The highest BCUT2D eigenvalue weighted by Crippen LogP contribution is 2.33. The van der Waals surface area contributed by atoms with E-state index in [0.29, 0.717) is 0 Å². The lowest BCUT2D eigenvalue weighted by molar-refractivity contribution is 0.740. The summed E-state index contributed by atoms with van der Waals surface area (Å²) in [6.45, 7) is 4.18. The number of hydrogen-bond acceptors (Lipinski definition) is 2. The second kappa shape index (κ2) is 4.12. The van der Waals surface area contributed by atoms with Crippen molar-refractivity contribution in [3.63, 3.8) is 0 Å². The minimum Gasteiger partial charge on any atom is -0.328 e. The van der Waals surface area contributed by atoms with Gasteiger partial charge >= 0.3 is 0 Å². The van der Waals surface area contributed by atoms with Crippen LogP contribution < -0.4 is 5.73 Å². The number of thiophene rings is 1. The third-order valence-corrected chi connectivity index (χ3v) is 3.84. The number of halogens is 1. The van der Waals surface area contributed by atoms with E-state index in [-0.39, 0.29) is 6.04 Å². The number of nitrogens with two attached hydrogens (primary N) is 1. The van der Waals surface area contributed by atoms with Crippen molar-refractivity contribution >= 4 is 33.0 Å². The molecule has 0 fully saturated rings. The van der Waals surface area contributed by atoms with Crippen molar-refractivity contribution in [2.75, 3.05) is 0 Å². The summed E-state index contributed by atoms with van der Waals surface area (Å²) in [5.41, 5.74) is 7.21. The maximum Gasteiger partial charge on any atom is 0.0413 e. The molecule has 1 heterocycles. The fraction of sp³-hybridized carbons (Fsp3) is 0.333. The SMILES string of the molecule is Cc1sc2ccc(Cl)cc2c1CC(C)N. The Kier molecular flexibility index (Phi) is 3.01. The van der Waals surface area contributed by atoms with E-state index in [1.807, 2.05) is 30.4 Å². The van der Waals surface area contributed by atoms with Crippen LogP contribution in [-0.2, 0) is 6.42 Å². The summed E-state index contributed by atoms with van der Waals surface area (Å²) in [5, 5.41) is 2.06. The van der Waals surface area contributed by atoms with Crippen molar-refractivity contribution in [1.29, 1.82) is 0 Å². The molecule has 0 aliphatic carbocycles. The second-order valence-electron chi connectivity index (χ2n) is 3.96. The van der Waals surface area contributed by atoms with Gasteiger partial charge in [-0.25, -0.2) is 0 Å². The molecule has 2 aromatic rings. The quantitative estimate of drug-likeness (QED) is 0.849. The third kappa shape index (κ3) is 2.17. The predicted octanol–water partition coefficient (Wildman–Crippen LogP) is 3.75. The number of rotatable bonds is 2. The van der Waals surface area contributed by atoms with Crippen molar-refractivity contribution in [2.45, 2.75) is 26.3 Å². The molecule has 0 radical (unpaired) electrons. The molecule has 80 valence electrons. The minimum absolute atomic E-state index is 0.195. The first-order valence-corrected chi connectivity index (χ1v) is 6.20. The number of hydrogen-bond donors (Lipinski definition) is 1. The van der Waals surface area contributed by atoms with Crippen LogP contribution >= 0.6 is 22.9 Å². The zero-order valence-electron chi connectivity index (χ0n) is 8.88. The monoisotopic (exact) mass is 239 g/mol. The summed E-state index contributed by atoms with van der Waals surface area (Å²) < 4.78 is 1.30. The van der Waals surface area contributed by atoms with Crippen molar-refractivity contribution in [3.05, 3.63) is 33.7 Å². The highest BCUT2D eigenvalue weighted by Gasteiger charge is 2.10. The maximum atomic E-state index is 6.01. The lowest BCUT2D eigenvalue weighted by Crippen LogP contribution is -2.17. The van der Waals surface area contributed by atoms with E-state index in [1.54, 1.807) is 0 Å². The summed E-state index contributed by atoms with van der Waals surface area (Å²) in [7, 11) is 0. The van der Waals surface area contributed by atoms with Gasteiger partial charge in [-0.3, -0.25) is 0 Å². The molecule has 1 nitrogen and oxygen atoms in total. The highest BCUT2D eigenvalue weighted by molar-refractivity contribution is 7.19. The molecule has 0 amide bonds. The fourth-order valence-corrected chi connectivity index (χ4v) is 3.07. The predicted molar refractivity (Wildman–Crippen MR) is 68.9 cm³/mol. The summed E-state index contributed by atoms with van der Waals surface area (Å²) >= 11 is 7.83. The zero-order valence-corrected chi connectivity index (χ0v) is 10.5. The van der Waals surface area contributed by atoms with Gasteiger partial charge in [0.1, 0.15) is 0 Å². The molecule has 3 heteroatoms. The molecule has 2 rings (SSSR count). The van der Waals surface area contributed by atoms with Gasteiger partial charge in [-0.2, -0.15) is 0 Å². The summed E-state index contributed by atoms with van der Waals surface area (Å²) in [6.07, 6.45) is 0.923. The molecule has 2 N–H and O–H groups in total. The van der Waals surface area contributed by atoms with Crippen molar-refractivity contribution in [1.82, 2.24) is 0 Å². The lowest BCUT2D eigenvalue weighted by Gasteiger charge is -2.05. The minimum atomic E-state index is 0.195. The topological polar surface area (TPSA) is 26.0 Å². The second-order valence-corrected chi connectivity index (χ2v) is 5.65. The molecule has 1 atom stereocenters. The zero-order chi connectivity index (χ0) is 11.0. The molecule has 0 saturated carbocycles. The van der Waals surface area contributed by atoms with E-state index >= 15 is 0 Å². The Labute approximate surface area is 98.9 Å². The number of fused-ring (bicyclic) bond motifs is 1. The van der Waals surface area contributed by atoms with Crippen molar-refractivity contribution in [3.8, 4) is 0 Å². The average molecular weight is 240 g/mol. The normalized spacial score (nSPS) is 13.3. The van der Waals surface area contributed by atoms with Crippen LogP contribution in [0.15, 0.2) is 18.2 Å². The Hall–Kier alpha value is -0.570. The molecule has 1 aromatic carbocycles. The van der Waals surface area contributed by atoms with Crippen molar-refractivity contribution < 1.29 is 0 Å². The summed E-state index contributed by atoms with van der Waals surface area (Å²) in [4.78, 5) is 1.35. The average Bonchev–Trinajstić information content (AvgIpc) is 2.43. The van der Waals surface area contributed by atoms with Gasteiger partial charge in [0.25, 0.3) is 0 Å². The molecule has 0 bridgehead atoms. The molecule has 0 aliphatic rings. The van der Waals surface area contributed by atoms with Crippen LogP contribution in [0.25, 0.3) is 10.1 Å². The van der Waals surface area contributed by atoms with Crippen LogP contribution in [0.3, 0.4) is 0 Å². The van der Waals surface area contributed by atoms with E-state index in [0.717, 1.165) is 11.4 Å². The van der Waals surface area contributed by atoms with Crippen LogP contribution in [0.1, 0.15) is 17.4 Å². The molecule has 1 aromatic heterocycles. The Morgan fingerprint density at radius 1 is 1.47 bits per heavy atom. The fourth-order valence-electron chi connectivity index (χ4n) is 1.82. The molecular weight excluding hydrogens is 226 g/mol. The van der Waals surface area contributed by atoms with Crippen LogP contribution in [0.5, 0.6) is 0 Å². The Bertz CT molecular complexity index is 488. The molecule has 0 spiro atoms. The van der Waals surface area contributed by atoms with Crippen LogP contribution in [0.2, 0.25) is 5.02 Å². The van der Waals surface area contributed by atoms with Gasteiger partial charge in [0.15, 0.2) is 0 Å². The van der Waals surface area contributed by atoms with Crippen molar-refractivity contribution in [2.24, 2.45) is 5.73 Å². The van der Waals surface area contributed by atoms with Gasteiger partial charge < -0.3 is 5.73 Å². The number of benzene rings is 1. The van der Waals surface area contributed by atoms with Gasteiger partial charge in [-0.15, -0.1) is 11.3 Å². The van der Waals surface area contributed by atoms with Gasteiger partial charge in [-0.05, 0) is 49.4 Å². The van der Waals surface area contributed by atoms with Crippen LogP contribution in [0, 0.1) is 6.92 Å². The first-order chi connectivity index (χ1) is 7.08. The largest absolute Gasteiger partial charge is 0.328 e. The third-order valence-electron chi connectivity index (χ3n) is 2.48. The van der Waals surface area contributed by atoms with E-state index in [2.05, 4.69) is 13.0 Å². The van der Waals surface area contributed by atoms with E-state index in [9.17, 15) is 0 Å². The lowest BCUT2D eigenvalue weighted by atomic mass is 10.0. The molecule has 0 aliphatic heterocycles. The first kappa shape index (κ1) is 10.9. The van der Waals surface area contributed by atoms with Crippen LogP contribution in [0.4, 0.5) is 0 Å². The summed E-state index contributed by atoms with van der Waals surface area (Å²) in [6, 6.07) is 6.26. The Morgan fingerprint density at radius 3 is 2.87 bits per heavy atom. The van der Waals surface area contributed by atoms with Crippen LogP contribution in [-0.4, -0.2) is 6.04 Å². The van der Waals surface area contributed by atoms with E-state index in [1.165, 1.54) is 20.5 Å². The Morgan fingerprint density at radius 2 is 2.20 bits per heavy atom. The van der Waals surface area contributed by atoms with Gasteiger partial charge in [0, 0.05) is 20.6 Å². The van der Waals surface area contributed by atoms with Gasteiger partial charge in [-0.1, -0.05) is 11.6 Å². The van der Waals surface area contributed by atoms with Gasteiger partial charge in [0.2, 0.25) is 0 Å². The standard InChI is InChI=1S/C12H14ClNS/c1-7(14)5-10-8(2)15-12-4-3-9(13)6-11(10)12/h3-4,6-7H,5,14H2,1-2H3.